The van der Waals surface area contributed by atoms with E-state index in [1.807, 2.05) is 18.2 Å². The van der Waals surface area contributed by atoms with Crippen molar-refractivity contribution in [1.29, 1.82) is 5.26 Å². The molecule has 2 rings (SSSR count). The van der Waals surface area contributed by atoms with Crippen molar-refractivity contribution >= 4 is 15.7 Å². The predicted molar refractivity (Wildman–Crippen MR) is 80.6 cm³/mol. The van der Waals surface area contributed by atoms with E-state index in [4.69, 9.17) is 10.00 Å². The van der Waals surface area contributed by atoms with Crippen molar-refractivity contribution in [2.24, 2.45) is 0 Å². The molecule has 21 heavy (non-hydrogen) atoms. The Hall–Kier alpha value is -2.52. The predicted octanol–water partition coefficient (Wildman–Crippen LogP) is 3.13. The third-order valence-corrected chi connectivity index (χ3v) is 4.28. The summed E-state index contributed by atoms with van der Waals surface area (Å²) < 4.78 is 31.6. The van der Waals surface area contributed by atoms with Crippen LogP contribution >= 0.6 is 0 Å². The minimum Gasteiger partial charge on any atom is -0.457 e. The number of rotatable bonds is 5. The Morgan fingerprint density at radius 2 is 1.76 bits per heavy atom. The Labute approximate surface area is 123 Å². The summed E-state index contributed by atoms with van der Waals surface area (Å²) in [6.07, 6.45) is 0. The highest BCUT2D eigenvalue weighted by Crippen LogP contribution is 2.24. The molecule has 0 spiro atoms. The summed E-state index contributed by atoms with van der Waals surface area (Å²) in [6, 6.07) is 17.4. The molecular formula is C15H14N2O3S. The van der Waals surface area contributed by atoms with Gasteiger partial charge in [-0.2, -0.15) is 5.26 Å². The van der Waals surface area contributed by atoms with Crippen molar-refractivity contribution < 1.29 is 13.2 Å². The van der Waals surface area contributed by atoms with Crippen LogP contribution in [0.1, 0.15) is 6.92 Å². The molecular weight excluding hydrogens is 288 g/mol. The molecule has 0 saturated heterocycles. The molecule has 2 aromatic rings. The number of ether oxygens (including phenoxy) is 1. The second-order valence-electron chi connectivity index (χ2n) is 4.36. The molecule has 0 radical (unpaired) electrons. The van der Waals surface area contributed by atoms with Crippen LogP contribution in [0.3, 0.4) is 0 Å². The lowest BCUT2D eigenvalue weighted by Gasteiger charge is -2.11. The van der Waals surface area contributed by atoms with E-state index in [1.54, 1.807) is 42.5 Å². The number of nitrogens with zero attached hydrogens (tertiary/aromatic N) is 1. The van der Waals surface area contributed by atoms with E-state index in [1.165, 1.54) is 6.92 Å². The van der Waals surface area contributed by atoms with Gasteiger partial charge in [0.25, 0.3) is 0 Å². The number of hydrogen-bond acceptors (Lipinski definition) is 4. The van der Waals surface area contributed by atoms with Gasteiger partial charge in [-0.05, 0) is 31.2 Å². The van der Waals surface area contributed by atoms with Crippen LogP contribution in [0.25, 0.3) is 0 Å². The molecule has 0 aliphatic rings. The second kappa shape index (κ2) is 6.29. The molecule has 0 heterocycles. The first-order valence-electron chi connectivity index (χ1n) is 6.25. The van der Waals surface area contributed by atoms with Crippen molar-refractivity contribution in [3.8, 4) is 17.6 Å². The minimum absolute atomic E-state index is 0.352. The van der Waals surface area contributed by atoms with Gasteiger partial charge in [0.05, 0.1) is 11.8 Å². The molecule has 6 heteroatoms. The van der Waals surface area contributed by atoms with Gasteiger partial charge in [-0.3, -0.25) is 4.72 Å². The molecule has 0 bridgehead atoms. The third kappa shape index (κ3) is 3.97. The molecule has 1 N–H and O–H groups in total. The standard InChI is InChI=1S/C15H14N2O3S/c1-12(11-16)21(18,19)17-13-6-5-9-15(10-13)20-14-7-3-2-4-8-14/h2-10,12,17H,1H3. The summed E-state index contributed by atoms with van der Waals surface area (Å²) in [6.45, 7) is 1.33. The van der Waals surface area contributed by atoms with E-state index >= 15 is 0 Å². The lowest BCUT2D eigenvalue weighted by atomic mass is 10.3. The fourth-order valence-corrected chi connectivity index (χ4v) is 2.34. The highest BCUT2D eigenvalue weighted by molar-refractivity contribution is 7.93. The van der Waals surface area contributed by atoms with Crippen LogP contribution in [-0.2, 0) is 10.0 Å². The summed E-state index contributed by atoms with van der Waals surface area (Å²) in [4.78, 5) is 0. The van der Waals surface area contributed by atoms with Gasteiger partial charge in [-0.1, -0.05) is 24.3 Å². The van der Waals surface area contributed by atoms with E-state index in [0.717, 1.165) is 0 Å². The fraction of sp³-hybridized carbons (Fsp3) is 0.133. The first-order valence-corrected chi connectivity index (χ1v) is 7.80. The number of benzene rings is 2. The van der Waals surface area contributed by atoms with E-state index in [-0.39, 0.29) is 0 Å². The third-order valence-electron chi connectivity index (χ3n) is 2.72. The molecule has 0 aliphatic carbocycles. The SMILES string of the molecule is CC(C#N)S(=O)(=O)Nc1cccc(Oc2ccccc2)c1. The zero-order valence-electron chi connectivity index (χ0n) is 11.4. The minimum atomic E-state index is -3.72. The molecule has 5 nitrogen and oxygen atoms in total. The highest BCUT2D eigenvalue weighted by Gasteiger charge is 2.20. The Bertz CT molecular complexity index is 752. The molecule has 0 fully saturated rings. The number of nitrogens with one attached hydrogen (secondary N) is 1. The molecule has 0 aliphatic heterocycles. The smallest absolute Gasteiger partial charge is 0.248 e. The van der Waals surface area contributed by atoms with Gasteiger partial charge in [0, 0.05) is 6.07 Å². The first kappa shape index (κ1) is 14.9. The summed E-state index contributed by atoms with van der Waals surface area (Å²) in [5.74, 6) is 1.16. The van der Waals surface area contributed by atoms with Crippen LogP contribution < -0.4 is 9.46 Å². The average molecular weight is 302 g/mol. The Balaban J connectivity index is 2.17. The monoisotopic (exact) mass is 302 g/mol. The Morgan fingerprint density at radius 1 is 1.10 bits per heavy atom. The Kier molecular flexibility index (Phi) is 4.45. The van der Waals surface area contributed by atoms with Crippen LogP contribution in [0.15, 0.2) is 54.6 Å². The maximum atomic E-state index is 11.8. The summed E-state index contributed by atoms with van der Waals surface area (Å²) in [5, 5.41) is 7.58. The van der Waals surface area contributed by atoms with E-state index < -0.39 is 15.3 Å². The van der Waals surface area contributed by atoms with E-state index in [9.17, 15) is 8.42 Å². The highest BCUT2D eigenvalue weighted by atomic mass is 32.2. The van der Waals surface area contributed by atoms with E-state index in [2.05, 4.69) is 4.72 Å². The molecule has 108 valence electrons. The second-order valence-corrected chi connectivity index (χ2v) is 6.36. The Morgan fingerprint density at radius 3 is 2.43 bits per heavy atom. The number of para-hydroxylation sites is 1. The zero-order valence-corrected chi connectivity index (χ0v) is 12.2. The molecule has 1 unspecified atom stereocenters. The quantitative estimate of drug-likeness (QED) is 0.920. The average Bonchev–Trinajstić information content (AvgIpc) is 2.47. The van der Waals surface area contributed by atoms with Gasteiger partial charge in [0.15, 0.2) is 5.25 Å². The van der Waals surface area contributed by atoms with E-state index in [0.29, 0.717) is 17.2 Å². The van der Waals surface area contributed by atoms with Crippen molar-refractivity contribution in [2.45, 2.75) is 12.2 Å². The van der Waals surface area contributed by atoms with Crippen LogP contribution in [0.4, 0.5) is 5.69 Å². The van der Waals surface area contributed by atoms with Gasteiger partial charge in [0.2, 0.25) is 10.0 Å². The number of anilines is 1. The fourth-order valence-electron chi connectivity index (χ4n) is 1.57. The van der Waals surface area contributed by atoms with Crippen molar-refractivity contribution in [3.63, 3.8) is 0 Å². The largest absolute Gasteiger partial charge is 0.457 e. The summed E-state index contributed by atoms with van der Waals surface area (Å²) in [7, 11) is -3.72. The summed E-state index contributed by atoms with van der Waals surface area (Å²) >= 11 is 0. The van der Waals surface area contributed by atoms with Crippen molar-refractivity contribution in [3.05, 3.63) is 54.6 Å². The topological polar surface area (TPSA) is 79.2 Å². The van der Waals surface area contributed by atoms with Gasteiger partial charge in [-0.25, -0.2) is 8.42 Å². The maximum Gasteiger partial charge on any atom is 0.248 e. The summed E-state index contributed by atoms with van der Waals surface area (Å²) in [5.41, 5.74) is 0.352. The first-order chi connectivity index (χ1) is 10.0. The molecule has 0 amide bonds. The lowest BCUT2D eigenvalue weighted by molar-refractivity contribution is 0.483. The van der Waals surface area contributed by atoms with Gasteiger partial charge >= 0.3 is 0 Å². The number of nitriles is 1. The van der Waals surface area contributed by atoms with Gasteiger partial charge < -0.3 is 4.74 Å². The van der Waals surface area contributed by atoms with Crippen LogP contribution in [0, 0.1) is 11.3 Å². The van der Waals surface area contributed by atoms with Crippen LogP contribution in [0.2, 0.25) is 0 Å². The number of hydrogen-bond donors (Lipinski definition) is 1. The van der Waals surface area contributed by atoms with Crippen molar-refractivity contribution in [1.82, 2.24) is 0 Å². The van der Waals surface area contributed by atoms with Crippen molar-refractivity contribution in [2.75, 3.05) is 4.72 Å². The lowest BCUT2D eigenvalue weighted by Crippen LogP contribution is -2.23. The normalized spacial score (nSPS) is 12.2. The molecule has 0 aromatic heterocycles. The van der Waals surface area contributed by atoms with Crippen LogP contribution in [-0.4, -0.2) is 13.7 Å². The molecule has 0 saturated carbocycles. The van der Waals surface area contributed by atoms with Gasteiger partial charge in [-0.15, -0.1) is 0 Å². The maximum absolute atomic E-state index is 11.8. The van der Waals surface area contributed by atoms with Crippen LogP contribution in [0.5, 0.6) is 11.5 Å². The number of sulfonamides is 1. The van der Waals surface area contributed by atoms with Gasteiger partial charge in [0.1, 0.15) is 11.5 Å². The molecule has 1 atom stereocenters. The molecule has 2 aromatic carbocycles. The zero-order chi connectivity index (χ0) is 15.3.